The van der Waals surface area contributed by atoms with E-state index in [4.69, 9.17) is 4.74 Å². The van der Waals surface area contributed by atoms with Crippen LogP contribution in [0.2, 0.25) is 0 Å². The zero-order valence-electron chi connectivity index (χ0n) is 17.2. The Balaban J connectivity index is 1.97. The van der Waals surface area contributed by atoms with Gasteiger partial charge >= 0.3 is 5.97 Å². The highest BCUT2D eigenvalue weighted by Gasteiger charge is 2.33. The second-order valence-corrected chi connectivity index (χ2v) is 8.03. The number of aryl methyl sites for hydroxylation is 1. The Morgan fingerprint density at radius 3 is 2.63 bits per heavy atom. The molecule has 0 fully saturated rings. The number of esters is 1. The van der Waals surface area contributed by atoms with Crippen molar-refractivity contribution in [3.63, 3.8) is 0 Å². The van der Waals surface area contributed by atoms with E-state index in [1.807, 2.05) is 50.4 Å². The summed E-state index contributed by atoms with van der Waals surface area (Å²) < 4.78 is 9.19. The van der Waals surface area contributed by atoms with Crippen LogP contribution in [0.5, 0.6) is 0 Å². The number of thiazole rings is 1. The molecule has 0 saturated carbocycles. The van der Waals surface area contributed by atoms with Crippen LogP contribution in [0.4, 0.5) is 0 Å². The molecule has 0 aliphatic carbocycles. The summed E-state index contributed by atoms with van der Waals surface area (Å²) in [5.41, 5.74) is 3.43. The number of benzene rings is 1. The molecule has 1 aliphatic heterocycles. The van der Waals surface area contributed by atoms with Crippen molar-refractivity contribution >= 4 is 23.4 Å². The third kappa shape index (κ3) is 3.33. The van der Waals surface area contributed by atoms with Crippen molar-refractivity contribution in [1.82, 2.24) is 14.3 Å². The predicted molar refractivity (Wildman–Crippen MR) is 115 cm³/mol. The van der Waals surface area contributed by atoms with Gasteiger partial charge < -0.3 is 4.74 Å². The van der Waals surface area contributed by atoms with Crippen molar-refractivity contribution in [3.8, 4) is 0 Å². The Labute approximate surface area is 177 Å². The number of nitrogens with zero attached hydrogens (tertiary/aromatic N) is 4. The average Bonchev–Trinajstić information content (AvgIpc) is 3.21. The lowest BCUT2D eigenvalue weighted by molar-refractivity contribution is -0.139. The molecule has 0 spiro atoms. The number of hydrogen-bond acceptors (Lipinski definition) is 6. The molecule has 154 valence electrons. The third-order valence-electron chi connectivity index (χ3n) is 5.19. The molecule has 8 heteroatoms. The summed E-state index contributed by atoms with van der Waals surface area (Å²) >= 11 is 1.31. The van der Waals surface area contributed by atoms with E-state index in [0.29, 0.717) is 20.6 Å². The number of aromatic nitrogens is 3. The third-order valence-corrected chi connectivity index (χ3v) is 6.18. The van der Waals surface area contributed by atoms with Gasteiger partial charge in [0.25, 0.3) is 5.56 Å². The molecule has 0 amide bonds. The zero-order chi connectivity index (χ0) is 21.4. The first-order valence-corrected chi connectivity index (χ1v) is 10.5. The molecule has 30 heavy (non-hydrogen) atoms. The first-order valence-electron chi connectivity index (χ1n) is 9.65. The summed E-state index contributed by atoms with van der Waals surface area (Å²) in [4.78, 5) is 31.4. The predicted octanol–water partition coefficient (Wildman–Crippen LogP) is 1.84. The summed E-state index contributed by atoms with van der Waals surface area (Å²) in [5.74, 6) is -0.454. The van der Waals surface area contributed by atoms with Crippen LogP contribution in [-0.2, 0) is 16.6 Å². The van der Waals surface area contributed by atoms with Crippen molar-refractivity contribution in [1.29, 1.82) is 0 Å². The molecular weight excluding hydrogens is 400 g/mol. The molecule has 1 aromatic carbocycles. The second-order valence-electron chi connectivity index (χ2n) is 7.02. The van der Waals surface area contributed by atoms with Gasteiger partial charge in [0.15, 0.2) is 4.80 Å². The van der Waals surface area contributed by atoms with Crippen LogP contribution < -0.4 is 14.9 Å². The molecule has 4 rings (SSSR count). The Kier molecular flexibility index (Phi) is 5.26. The van der Waals surface area contributed by atoms with E-state index in [1.54, 1.807) is 29.3 Å². The standard InChI is InChI=1S/C22H22N4O3S/c1-5-29-21(28)18-13(2)24-22-26(19(18)15-9-7-6-8-10-15)20(27)17(30-22)11-16-12-23-25(4)14(16)3/h6-12,19H,5H2,1-4H3/b17-11+/t19-/m0/s1. The minimum absolute atomic E-state index is 0.190. The Morgan fingerprint density at radius 1 is 1.27 bits per heavy atom. The van der Waals surface area contributed by atoms with Gasteiger partial charge in [-0.3, -0.25) is 14.0 Å². The minimum atomic E-state index is -0.585. The van der Waals surface area contributed by atoms with Crippen LogP contribution in [0.3, 0.4) is 0 Å². The van der Waals surface area contributed by atoms with Crippen molar-refractivity contribution in [2.45, 2.75) is 26.8 Å². The van der Waals surface area contributed by atoms with Gasteiger partial charge in [-0.15, -0.1) is 0 Å². The number of allylic oxidation sites excluding steroid dienone is 1. The van der Waals surface area contributed by atoms with E-state index in [9.17, 15) is 9.59 Å². The number of carbonyl (C=O) groups is 1. The quantitative estimate of drug-likeness (QED) is 0.601. The van der Waals surface area contributed by atoms with Gasteiger partial charge in [0.1, 0.15) is 0 Å². The maximum atomic E-state index is 13.4. The molecule has 0 bridgehead atoms. The van der Waals surface area contributed by atoms with Crippen LogP contribution in [0.15, 0.2) is 57.6 Å². The first kappa shape index (κ1) is 20.0. The van der Waals surface area contributed by atoms with Crippen LogP contribution in [0.25, 0.3) is 6.08 Å². The van der Waals surface area contributed by atoms with E-state index in [2.05, 4.69) is 10.1 Å². The monoisotopic (exact) mass is 422 g/mol. The van der Waals surface area contributed by atoms with Gasteiger partial charge in [0.2, 0.25) is 0 Å². The topological polar surface area (TPSA) is 78.5 Å². The van der Waals surface area contributed by atoms with Gasteiger partial charge in [-0.25, -0.2) is 9.79 Å². The molecule has 0 radical (unpaired) electrons. The lowest BCUT2D eigenvalue weighted by atomic mass is 9.96. The van der Waals surface area contributed by atoms with Crippen molar-refractivity contribution in [2.75, 3.05) is 6.61 Å². The van der Waals surface area contributed by atoms with Crippen molar-refractivity contribution in [2.24, 2.45) is 12.0 Å². The number of carbonyl (C=O) groups excluding carboxylic acids is 1. The smallest absolute Gasteiger partial charge is 0.338 e. The normalized spacial score (nSPS) is 16.4. The molecule has 0 unspecified atom stereocenters. The summed E-state index contributed by atoms with van der Waals surface area (Å²) in [6, 6.07) is 8.92. The van der Waals surface area contributed by atoms with Crippen molar-refractivity contribution < 1.29 is 9.53 Å². The van der Waals surface area contributed by atoms with Crippen molar-refractivity contribution in [3.05, 3.63) is 84.3 Å². The molecule has 7 nitrogen and oxygen atoms in total. The number of fused-ring (bicyclic) bond motifs is 1. The highest BCUT2D eigenvalue weighted by molar-refractivity contribution is 7.07. The molecule has 1 atom stereocenters. The SMILES string of the molecule is CCOC(=O)C1=C(C)N=c2s/c(=C/c3cnn(C)c3C)c(=O)n2[C@H]1c1ccccc1. The Morgan fingerprint density at radius 2 is 2.00 bits per heavy atom. The van der Waals surface area contributed by atoms with Gasteiger partial charge in [0, 0.05) is 18.3 Å². The first-order chi connectivity index (χ1) is 14.4. The fraction of sp³-hybridized carbons (Fsp3) is 0.273. The maximum Gasteiger partial charge on any atom is 0.338 e. The number of hydrogen-bond donors (Lipinski definition) is 0. The average molecular weight is 423 g/mol. The van der Waals surface area contributed by atoms with Gasteiger partial charge in [-0.05, 0) is 32.4 Å². The van der Waals surface area contributed by atoms with Gasteiger partial charge in [-0.2, -0.15) is 5.10 Å². The molecular formula is C22H22N4O3S. The summed E-state index contributed by atoms with van der Waals surface area (Å²) in [6.07, 6.45) is 3.56. The summed E-state index contributed by atoms with van der Waals surface area (Å²) in [6.45, 7) is 5.74. The largest absolute Gasteiger partial charge is 0.463 e. The van der Waals surface area contributed by atoms with Crippen LogP contribution in [0.1, 0.15) is 36.7 Å². The lowest BCUT2D eigenvalue weighted by Gasteiger charge is -2.24. The fourth-order valence-corrected chi connectivity index (χ4v) is 4.58. The molecule has 3 aromatic rings. The van der Waals surface area contributed by atoms with E-state index in [-0.39, 0.29) is 12.2 Å². The highest BCUT2D eigenvalue weighted by atomic mass is 32.1. The minimum Gasteiger partial charge on any atom is -0.463 e. The molecule has 2 aromatic heterocycles. The molecule has 0 N–H and O–H groups in total. The van der Waals surface area contributed by atoms with E-state index in [0.717, 1.165) is 16.8 Å². The van der Waals surface area contributed by atoms with Crippen LogP contribution >= 0.6 is 11.3 Å². The van der Waals surface area contributed by atoms with E-state index in [1.165, 1.54) is 11.3 Å². The summed E-state index contributed by atoms with van der Waals surface area (Å²) in [7, 11) is 1.86. The van der Waals surface area contributed by atoms with E-state index >= 15 is 0 Å². The van der Waals surface area contributed by atoms with Gasteiger partial charge in [0.05, 0.1) is 34.6 Å². The fourth-order valence-electron chi connectivity index (χ4n) is 3.54. The van der Waals surface area contributed by atoms with Gasteiger partial charge in [-0.1, -0.05) is 41.7 Å². The molecule has 1 aliphatic rings. The van der Waals surface area contributed by atoms with Crippen LogP contribution in [-0.4, -0.2) is 26.9 Å². The lowest BCUT2D eigenvalue weighted by Crippen LogP contribution is -2.39. The maximum absolute atomic E-state index is 13.4. The Hall–Kier alpha value is -3.26. The highest BCUT2D eigenvalue weighted by Crippen LogP contribution is 2.30. The number of ether oxygens (including phenoxy) is 1. The summed E-state index contributed by atoms with van der Waals surface area (Å²) in [5, 5.41) is 4.24. The van der Waals surface area contributed by atoms with Crippen LogP contribution in [0, 0.1) is 6.92 Å². The number of rotatable bonds is 4. The zero-order valence-corrected chi connectivity index (χ0v) is 18.1. The van der Waals surface area contributed by atoms with E-state index < -0.39 is 12.0 Å². The molecule has 3 heterocycles. The molecule has 0 saturated heterocycles. The second kappa shape index (κ2) is 7.87. The Bertz CT molecular complexity index is 1330.